The smallest absolute Gasteiger partial charge is 0.262 e. The fourth-order valence-electron chi connectivity index (χ4n) is 1.81. The van der Waals surface area contributed by atoms with E-state index in [0.29, 0.717) is 17.0 Å². The Morgan fingerprint density at radius 2 is 1.85 bits per heavy atom. The van der Waals surface area contributed by atoms with Crippen LogP contribution in [0.2, 0.25) is 0 Å². The summed E-state index contributed by atoms with van der Waals surface area (Å²) in [6.45, 7) is 1.66. The molecule has 5 nitrogen and oxygen atoms in total. The Kier molecular flexibility index (Phi) is 3.85. The van der Waals surface area contributed by atoms with Crippen LogP contribution in [0.3, 0.4) is 0 Å². The molecule has 0 saturated heterocycles. The summed E-state index contributed by atoms with van der Waals surface area (Å²) in [6.07, 6.45) is 0. The summed E-state index contributed by atoms with van der Waals surface area (Å²) < 4.78 is 32.3. The number of nitrogens with one attached hydrogen (secondary N) is 1. The van der Waals surface area contributed by atoms with Crippen LogP contribution >= 0.6 is 0 Å². The predicted octanol–water partition coefficient (Wildman–Crippen LogP) is 2.51. The quantitative estimate of drug-likeness (QED) is 0.908. The van der Waals surface area contributed by atoms with Crippen LogP contribution in [0.4, 0.5) is 5.69 Å². The largest absolute Gasteiger partial charge is 0.508 e. The molecule has 0 aliphatic rings. The van der Waals surface area contributed by atoms with Gasteiger partial charge in [0.2, 0.25) is 0 Å². The number of benzene rings is 2. The highest BCUT2D eigenvalue weighted by atomic mass is 32.2. The lowest BCUT2D eigenvalue weighted by molar-refractivity contribution is 0.417. The molecular weight excluding hydrogens is 278 g/mol. The molecule has 0 radical (unpaired) electrons. The van der Waals surface area contributed by atoms with Gasteiger partial charge in [-0.05, 0) is 30.7 Å². The zero-order valence-corrected chi connectivity index (χ0v) is 11.9. The van der Waals surface area contributed by atoms with Crippen molar-refractivity contribution >= 4 is 15.7 Å². The second-order valence-corrected chi connectivity index (χ2v) is 5.91. The zero-order valence-electron chi connectivity index (χ0n) is 11.1. The molecule has 106 valence electrons. The topological polar surface area (TPSA) is 75.6 Å². The van der Waals surface area contributed by atoms with Crippen molar-refractivity contribution < 1.29 is 18.3 Å². The number of aromatic hydroxyl groups is 1. The van der Waals surface area contributed by atoms with E-state index in [1.54, 1.807) is 37.3 Å². The van der Waals surface area contributed by atoms with Crippen molar-refractivity contribution in [3.05, 3.63) is 48.0 Å². The number of hydrogen-bond acceptors (Lipinski definition) is 4. The van der Waals surface area contributed by atoms with Gasteiger partial charge in [-0.15, -0.1) is 0 Å². The molecule has 0 amide bonds. The summed E-state index contributed by atoms with van der Waals surface area (Å²) in [5, 5.41) is 9.45. The first kappa shape index (κ1) is 14.2. The van der Waals surface area contributed by atoms with E-state index in [0.717, 1.165) is 0 Å². The summed E-state index contributed by atoms with van der Waals surface area (Å²) in [5.41, 5.74) is 0.892. The van der Waals surface area contributed by atoms with Gasteiger partial charge in [0.15, 0.2) is 0 Å². The first-order valence-electron chi connectivity index (χ1n) is 5.89. The van der Waals surface area contributed by atoms with Crippen LogP contribution < -0.4 is 9.46 Å². The highest BCUT2D eigenvalue weighted by Crippen LogP contribution is 2.28. The van der Waals surface area contributed by atoms with Crippen molar-refractivity contribution in [2.45, 2.75) is 11.8 Å². The van der Waals surface area contributed by atoms with Crippen LogP contribution in [0, 0.1) is 6.92 Å². The number of phenols is 1. The summed E-state index contributed by atoms with van der Waals surface area (Å²) in [4.78, 5) is 0.0309. The van der Waals surface area contributed by atoms with Gasteiger partial charge in [0.05, 0.1) is 17.7 Å². The Morgan fingerprint density at radius 3 is 2.55 bits per heavy atom. The molecule has 0 aromatic heterocycles. The van der Waals surface area contributed by atoms with Crippen molar-refractivity contribution in [2.75, 3.05) is 11.8 Å². The minimum Gasteiger partial charge on any atom is -0.508 e. The van der Waals surface area contributed by atoms with Crippen LogP contribution in [0.1, 0.15) is 5.56 Å². The first-order chi connectivity index (χ1) is 9.44. The Balaban J connectivity index is 2.43. The summed E-state index contributed by atoms with van der Waals surface area (Å²) in [5.74, 6) is 0.324. The second kappa shape index (κ2) is 5.42. The third-order valence-corrected chi connectivity index (χ3v) is 4.32. The second-order valence-electron chi connectivity index (χ2n) is 4.26. The fraction of sp³-hybridized carbons (Fsp3) is 0.143. The van der Waals surface area contributed by atoms with Crippen LogP contribution in [-0.4, -0.2) is 20.6 Å². The Bertz CT molecular complexity index is 726. The molecule has 20 heavy (non-hydrogen) atoms. The van der Waals surface area contributed by atoms with Crippen molar-refractivity contribution in [1.82, 2.24) is 0 Å². The fourth-order valence-corrected chi connectivity index (χ4v) is 3.14. The maximum atomic E-state index is 12.4. The van der Waals surface area contributed by atoms with Gasteiger partial charge >= 0.3 is 0 Å². The molecule has 0 aliphatic heterocycles. The van der Waals surface area contributed by atoms with Gasteiger partial charge in [-0.25, -0.2) is 8.42 Å². The van der Waals surface area contributed by atoms with Gasteiger partial charge in [-0.2, -0.15) is 0 Å². The number of methoxy groups -OCH3 is 1. The third-order valence-electron chi connectivity index (χ3n) is 2.81. The normalized spacial score (nSPS) is 11.1. The minimum atomic E-state index is -3.79. The maximum absolute atomic E-state index is 12.4. The molecule has 2 rings (SSSR count). The van der Waals surface area contributed by atoms with Gasteiger partial charge in [0.1, 0.15) is 11.5 Å². The van der Waals surface area contributed by atoms with E-state index in [9.17, 15) is 13.5 Å². The molecule has 0 atom stereocenters. The predicted molar refractivity (Wildman–Crippen MR) is 76.6 cm³/mol. The lowest BCUT2D eigenvalue weighted by Crippen LogP contribution is -2.14. The molecule has 0 heterocycles. The Hall–Kier alpha value is -2.21. The standard InChI is InChI=1S/C14H15NO4S/c1-10-7-8-11(16)9-14(10)20(17,18)15-12-5-3-4-6-13(12)19-2/h3-9,15-16H,1-2H3. The molecule has 0 saturated carbocycles. The first-order valence-corrected chi connectivity index (χ1v) is 7.38. The monoisotopic (exact) mass is 293 g/mol. The summed E-state index contributed by atoms with van der Waals surface area (Å²) in [6, 6.07) is 10.9. The van der Waals surface area contributed by atoms with Gasteiger partial charge in [-0.1, -0.05) is 18.2 Å². The van der Waals surface area contributed by atoms with E-state index >= 15 is 0 Å². The maximum Gasteiger partial charge on any atom is 0.262 e. The number of anilines is 1. The van der Waals surface area contributed by atoms with Crippen molar-refractivity contribution in [3.63, 3.8) is 0 Å². The van der Waals surface area contributed by atoms with Gasteiger partial charge in [0.25, 0.3) is 10.0 Å². The van der Waals surface area contributed by atoms with Gasteiger partial charge < -0.3 is 9.84 Å². The van der Waals surface area contributed by atoms with E-state index in [1.165, 1.54) is 19.2 Å². The number of rotatable bonds is 4. The molecule has 2 N–H and O–H groups in total. The van der Waals surface area contributed by atoms with Gasteiger partial charge in [-0.3, -0.25) is 4.72 Å². The third kappa shape index (κ3) is 2.85. The number of ether oxygens (including phenoxy) is 1. The van der Waals surface area contributed by atoms with Crippen LogP contribution in [0.15, 0.2) is 47.4 Å². The van der Waals surface area contributed by atoms with E-state index in [4.69, 9.17) is 4.74 Å². The average Bonchev–Trinajstić information content (AvgIpc) is 2.41. The van der Waals surface area contributed by atoms with Crippen LogP contribution in [0.5, 0.6) is 11.5 Å². The van der Waals surface area contributed by atoms with E-state index in [1.807, 2.05) is 0 Å². The van der Waals surface area contributed by atoms with E-state index < -0.39 is 10.0 Å². The van der Waals surface area contributed by atoms with Crippen molar-refractivity contribution in [2.24, 2.45) is 0 Å². The number of phenolic OH excluding ortho intramolecular Hbond substituents is 1. The SMILES string of the molecule is COc1ccccc1NS(=O)(=O)c1cc(O)ccc1C. The summed E-state index contributed by atoms with van der Waals surface area (Å²) in [7, 11) is -2.32. The lowest BCUT2D eigenvalue weighted by Gasteiger charge is -2.13. The molecule has 0 unspecified atom stereocenters. The zero-order chi connectivity index (χ0) is 14.8. The van der Waals surface area contributed by atoms with E-state index in [-0.39, 0.29) is 10.6 Å². The minimum absolute atomic E-state index is 0.0309. The average molecular weight is 293 g/mol. The molecule has 2 aromatic rings. The van der Waals surface area contributed by atoms with Crippen molar-refractivity contribution in [1.29, 1.82) is 0 Å². The molecule has 6 heteroatoms. The number of aryl methyl sites for hydroxylation is 1. The lowest BCUT2D eigenvalue weighted by atomic mass is 10.2. The molecule has 0 aliphatic carbocycles. The van der Waals surface area contributed by atoms with Crippen molar-refractivity contribution in [3.8, 4) is 11.5 Å². The highest BCUT2D eigenvalue weighted by Gasteiger charge is 2.19. The Morgan fingerprint density at radius 1 is 1.15 bits per heavy atom. The molecular formula is C14H15NO4S. The molecule has 0 fully saturated rings. The van der Waals surface area contributed by atoms with Crippen LogP contribution in [-0.2, 0) is 10.0 Å². The molecule has 0 bridgehead atoms. The highest BCUT2D eigenvalue weighted by molar-refractivity contribution is 7.92. The molecule has 2 aromatic carbocycles. The van der Waals surface area contributed by atoms with Gasteiger partial charge in [0, 0.05) is 6.07 Å². The Labute approximate surface area is 117 Å². The number of hydrogen-bond donors (Lipinski definition) is 2. The molecule has 0 spiro atoms. The number of sulfonamides is 1. The van der Waals surface area contributed by atoms with E-state index in [2.05, 4.69) is 4.72 Å². The van der Waals surface area contributed by atoms with Crippen LogP contribution in [0.25, 0.3) is 0 Å². The summed E-state index contributed by atoms with van der Waals surface area (Å²) >= 11 is 0. The number of para-hydroxylation sites is 2.